The van der Waals surface area contributed by atoms with Crippen LogP contribution in [0, 0.1) is 5.92 Å². The second-order valence-electron chi connectivity index (χ2n) is 9.08. The van der Waals surface area contributed by atoms with Crippen molar-refractivity contribution in [3.05, 3.63) is 83.7 Å². The van der Waals surface area contributed by atoms with Gasteiger partial charge in [0.05, 0.1) is 18.8 Å². The Hall–Kier alpha value is -3.31. The summed E-state index contributed by atoms with van der Waals surface area (Å²) in [6.45, 7) is 2.08. The predicted molar refractivity (Wildman–Crippen MR) is 142 cm³/mol. The fourth-order valence-electron chi connectivity index (χ4n) is 4.17. The summed E-state index contributed by atoms with van der Waals surface area (Å²) in [6.07, 6.45) is 2.79. The van der Waals surface area contributed by atoms with Crippen LogP contribution in [-0.4, -0.2) is 43.9 Å². The first kappa shape index (κ1) is 27.7. The van der Waals surface area contributed by atoms with Crippen LogP contribution in [0.5, 0.6) is 0 Å². The van der Waals surface area contributed by atoms with E-state index in [1.807, 2.05) is 36.4 Å². The number of nitrogens with one attached hydrogen (secondary N) is 1. The van der Waals surface area contributed by atoms with E-state index in [0.29, 0.717) is 16.6 Å². The number of aliphatic carboxylic acids is 1. The molecule has 38 heavy (non-hydrogen) atoms. The van der Waals surface area contributed by atoms with Crippen LogP contribution >= 0.6 is 11.8 Å². The number of anilines is 1. The average molecular weight is 538 g/mol. The third-order valence-corrected chi connectivity index (χ3v) is 7.27. The highest BCUT2D eigenvalue weighted by atomic mass is 32.2. The summed E-state index contributed by atoms with van der Waals surface area (Å²) in [5.74, 6) is -0.475. The monoisotopic (exact) mass is 537 g/mol. The van der Waals surface area contributed by atoms with Crippen molar-refractivity contribution in [1.82, 2.24) is 9.97 Å². The van der Waals surface area contributed by atoms with Gasteiger partial charge in [-0.05, 0) is 35.7 Å². The molecule has 0 aliphatic carbocycles. The molecule has 0 radical (unpaired) electrons. The Kier molecular flexibility index (Phi) is 9.83. The highest BCUT2D eigenvalue weighted by Crippen LogP contribution is 2.42. The first-order valence-electron chi connectivity index (χ1n) is 12.4. The van der Waals surface area contributed by atoms with Crippen molar-refractivity contribution in [2.45, 2.75) is 56.4 Å². The summed E-state index contributed by atoms with van der Waals surface area (Å²) in [4.78, 5) is 31.4. The van der Waals surface area contributed by atoms with Crippen LogP contribution in [0.1, 0.15) is 55.3 Å². The maximum Gasteiger partial charge on any atom is 0.303 e. The summed E-state index contributed by atoms with van der Waals surface area (Å²) >= 11 is 1.53. The number of carboxylic acids is 1. The topological polar surface area (TPSA) is 131 Å². The number of benzene rings is 2. The molecule has 200 valence electrons. The number of aliphatic hydroxyl groups is 1. The Bertz CT molecular complexity index is 1190. The van der Waals surface area contributed by atoms with Crippen molar-refractivity contribution < 1.29 is 29.3 Å². The third-order valence-electron chi connectivity index (χ3n) is 6.30. The van der Waals surface area contributed by atoms with Crippen molar-refractivity contribution in [1.29, 1.82) is 0 Å². The van der Waals surface area contributed by atoms with Gasteiger partial charge in [0.2, 0.25) is 5.91 Å². The number of ether oxygens (including phenoxy) is 2. The molecular weight excluding hydrogens is 506 g/mol. The molecule has 0 saturated carbocycles. The Labute approximate surface area is 225 Å². The number of rotatable bonds is 11. The number of aromatic nitrogens is 2. The van der Waals surface area contributed by atoms with E-state index < -0.39 is 12.3 Å². The molecule has 2 heterocycles. The number of carbonyl (C=O) groups is 2. The van der Waals surface area contributed by atoms with Crippen molar-refractivity contribution in [2.75, 3.05) is 11.1 Å². The van der Waals surface area contributed by atoms with Crippen molar-refractivity contribution in [3.8, 4) is 0 Å². The zero-order chi connectivity index (χ0) is 26.9. The quantitative estimate of drug-likeness (QED) is 0.234. The summed E-state index contributed by atoms with van der Waals surface area (Å²) in [7, 11) is 0. The van der Waals surface area contributed by atoms with Gasteiger partial charge < -0.3 is 25.0 Å². The molecule has 1 amide bonds. The summed E-state index contributed by atoms with van der Waals surface area (Å²) in [5.41, 5.74) is 3.25. The zero-order valence-electron chi connectivity index (χ0n) is 21.0. The average Bonchev–Trinajstić information content (AvgIpc) is 2.93. The van der Waals surface area contributed by atoms with Crippen LogP contribution in [0.25, 0.3) is 0 Å². The van der Waals surface area contributed by atoms with E-state index in [1.165, 1.54) is 11.8 Å². The Morgan fingerprint density at radius 3 is 2.32 bits per heavy atom. The maximum absolute atomic E-state index is 12.1. The molecule has 4 atom stereocenters. The van der Waals surface area contributed by atoms with E-state index in [1.54, 1.807) is 30.6 Å². The molecule has 4 rings (SSSR count). The predicted octanol–water partition coefficient (Wildman–Crippen LogP) is 4.75. The number of hydrogen-bond donors (Lipinski definition) is 3. The van der Waals surface area contributed by atoms with Gasteiger partial charge in [0.15, 0.2) is 11.4 Å². The number of carboxylic acid groups (broad SMARTS) is 1. The summed E-state index contributed by atoms with van der Waals surface area (Å²) in [6, 6.07) is 16.8. The minimum absolute atomic E-state index is 0.0219. The lowest BCUT2D eigenvalue weighted by atomic mass is 9.91. The van der Waals surface area contributed by atoms with Gasteiger partial charge in [-0.1, -0.05) is 55.1 Å². The number of nitrogens with zero attached hydrogens (tertiary/aromatic N) is 2. The van der Waals surface area contributed by atoms with Gasteiger partial charge in [0.25, 0.3) is 0 Å². The fraction of sp³-hybridized carbons (Fsp3) is 0.357. The normalized spacial score (nSPS) is 21.1. The minimum Gasteiger partial charge on any atom is -0.481 e. The van der Waals surface area contributed by atoms with Crippen LogP contribution in [0.3, 0.4) is 0 Å². The first-order valence-corrected chi connectivity index (χ1v) is 13.4. The molecule has 1 aromatic heterocycles. The van der Waals surface area contributed by atoms with E-state index in [0.717, 1.165) is 16.7 Å². The second kappa shape index (κ2) is 13.5. The first-order chi connectivity index (χ1) is 18.4. The van der Waals surface area contributed by atoms with Crippen molar-refractivity contribution >= 4 is 29.3 Å². The van der Waals surface area contributed by atoms with Gasteiger partial charge in [-0.15, -0.1) is 0 Å². The van der Waals surface area contributed by atoms with Crippen molar-refractivity contribution in [2.24, 2.45) is 5.92 Å². The lowest BCUT2D eigenvalue weighted by Gasteiger charge is -2.41. The molecule has 3 aromatic rings. The van der Waals surface area contributed by atoms with E-state index in [-0.39, 0.29) is 49.9 Å². The van der Waals surface area contributed by atoms with E-state index in [9.17, 15) is 14.7 Å². The zero-order valence-corrected chi connectivity index (χ0v) is 21.8. The molecule has 0 unspecified atom stereocenters. The lowest BCUT2D eigenvalue weighted by molar-refractivity contribution is -0.268. The smallest absolute Gasteiger partial charge is 0.303 e. The molecule has 1 aliphatic heterocycles. The number of thioether (sulfide) groups is 1. The van der Waals surface area contributed by atoms with Gasteiger partial charge in [0, 0.05) is 48.2 Å². The summed E-state index contributed by atoms with van der Waals surface area (Å²) < 4.78 is 12.9. The number of hydrogen-bond acceptors (Lipinski definition) is 8. The Balaban J connectivity index is 1.47. The van der Waals surface area contributed by atoms with Gasteiger partial charge in [0.1, 0.15) is 0 Å². The third kappa shape index (κ3) is 7.61. The fourth-order valence-corrected chi connectivity index (χ4v) is 5.14. The van der Waals surface area contributed by atoms with Crippen LogP contribution in [0.15, 0.2) is 72.1 Å². The molecule has 1 aliphatic rings. The number of amides is 1. The summed E-state index contributed by atoms with van der Waals surface area (Å²) in [5, 5.41) is 21.6. The number of carbonyl (C=O) groups excluding carboxylic acids is 1. The Morgan fingerprint density at radius 1 is 0.974 bits per heavy atom. The molecular formula is C28H31N3O6S. The minimum atomic E-state index is -0.917. The second-order valence-corrected chi connectivity index (χ2v) is 10.1. The van der Waals surface area contributed by atoms with E-state index >= 15 is 0 Å². The van der Waals surface area contributed by atoms with Gasteiger partial charge in [-0.25, -0.2) is 9.97 Å². The molecule has 9 nitrogen and oxygen atoms in total. The van der Waals surface area contributed by atoms with E-state index in [2.05, 4.69) is 22.2 Å². The van der Waals surface area contributed by atoms with Crippen LogP contribution in [-0.2, 0) is 25.7 Å². The molecule has 1 saturated heterocycles. The van der Waals surface area contributed by atoms with Crippen molar-refractivity contribution in [3.63, 3.8) is 0 Å². The van der Waals surface area contributed by atoms with E-state index in [4.69, 9.17) is 14.6 Å². The molecule has 1 fully saturated rings. The lowest BCUT2D eigenvalue weighted by Crippen LogP contribution is -2.38. The molecule has 2 aromatic carbocycles. The van der Waals surface area contributed by atoms with Crippen LogP contribution < -0.4 is 5.32 Å². The van der Waals surface area contributed by atoms with Gasteiger partial charge >= 0.3 is 5.97 Å². The highest BCUT2D eigenvalue weighted by Gasteiger charge is 2.38. The SMILES string of the molecule is C[C@@H]1[C@H](CSc2ncccn2)O[C@H](c2ccc(NC(=O)CCCC(=O)O)cc2)O[C@@H]1c1ccc(CO)cc1. The molecule has 10 heteroatoms. The van der Waals surface area contributed by atoms with Gasteiger partial charge in [-0.2, -0.15) is 0 Å². The van der Waals surface area contributed by atoms with Crippen LogP contribution in [0.2, 0.25) is 0 Å². The largest absolute Gasteiger partial charge is 0.481 e. The van der Waals surface area contributed by atoms with Gasteiger partial charge in [-0.3, -0.25) is 9.59 Å². The standard InChI is InChI=1S/C28H31N3O6S/c1-18-23(17-38-28-29-14-3-15-30-28)36-27(37-26(18)20-8-6-19(16-32)7-9-20)21-10-12-22(13-11-21)31-24(33)4-2-5-25(34)35/h3,6-15,18,23,26-27,32H,2,4-5,16-17H2,1H3,(H,31,33)(H,34,35)/t18-,23+,26+,27+/m1/s1. The Morgan fingerprint density at radius 2 is 1.66 bits per heavy atom. The molecule has 3 N–H and O–H groups in total. The maximum atomic E-state index is 12.1. The molecule has 0 spiro atoms. The molecule has 0 bridgehead atoms. The number of aliphatic hydroxyl groups excluding tert-OH is 1. The highest BCUT2D eigenvalue weighted by molar-refractivity contribution is 7.99. The van der Waals surface area contributed by atoms with Crippen LogP contribution in [0.4, 0.5) is 5.69 Å².